The summed E-state index contributed by atoms with van der Waals surface area (Å²) in [5, 5.41) is 3.74. The van der Waals surface area contributed by atoms with Crippen molar-refractivity contribution >= 4 is 46.3 Å². The number of rotatable bonds is 3. The van der Waals surface area contributed by atoms with Crippen molar-refractivity contribution in [3.05, 3.63) is 35.3 Å². The lowest BCUT2D eigenvalue weighted by molar-refractivity contribution is -0.117. The molecule has 1 fully saturated rings. The average Bonchev–Trinajstić information content (AvgIpc) is 2.89. The van der Waals surface area contributed by atoms with Crippen molar-refractivity contribution in [3.63, 3.8) is 0 Å². The number of anilines is 1. The van der Waals surface area contributed by atoms with Gasteiger partial charge in [-0.2, -0.15) is 0 Å². The molecule has 0 bridgehead atoms. The van der Waals surface area contributed by atoms with Crippen molar-refractivity contribution in [1.82, 2.24) is 4.98 Å². The van der Waals surface area contributed by atoms with Crippen LogP contribution in [-0.2, 0) is 4.79 Å². The van der Waals surface area contributed by atoms with E-state index in [4.69, 9.17) is 23.2 Å². The van der Waals surface area contributed by atoms with E-state index in [1.165, 1.54) is 0 Å². The Morgan fingerprint density at radius 1 is 1.40 bits per heavy atom. The van der Waals surface area contributed by atoms with Crippen LogP contribution in [0.5, 0.6) is 0 Å². The van der Waals surface area contributed by atoms with Crippen LogP contribution in [0.3, 0.4) is 0 Å². The number of thiazole rings is 1. The monoisotopic (exact) mass is 326 g/mol. The van der Waals surface area contributed by atoms with Gasteiger partial charge in [-0.3, -0.25) is 4.79 Å². The summed E-state index contributed by atoms with van der Waals surface area (Å²) in [6.45, 7) is 1.91. The van der Waals surface area contributed by atoms with Gasteiger partial charge in [-0.25, -0.2) is 4.98 Å². The molecule has 1 aliphatic rings. The number of aromatic nitrogens is 1. The lowest BCUT2D eigenvalue weighted by atomic mass is 10.2. The van der Waals surface area contributed by atoms with E-state index in [9.17, 15) is 4.79 Å². The molecule has 1 aromatic carbocycles. The first-order chi connectivity index (χ1) is 9.47. The highest BCUT2D eigenvalue weighted by molar-refractivity contribution is 7.15. The third-order valence-electron chi connectivity index (χ3n) is 3.15. The van der Waals surface area contributed by atoms with Crippen molar-refractivity contribution < 1.29 is 4.79 Å². The van der Waals surface area contributed by atoms with Gasteiger partial charge in [0.15, 0.2) is 5.82 Å². The lowest BCUT2D eigenvalue weighted by Crippen LogP contribution is -2.17. The van der Waals surface area contributed by atoms with Crippen LogP contribution in [0.15, 0.2) is 30.3 Å². The van der Waals surface area contributed by atoms with E-state index in [2.05, 4.69) is 10.3 Å². The molecule has 3 nitrogen and oxygen atoms in total. The Balaban J connectivity index is 1.86. The van der Waals surface area contributed by atoms with Gasteiger partial charge in [-0.05, 0) is 18.9 Å². The van der Waals surface area contributed by atoms with Crippen LogP contribution in [0, 0.1) is 12.8 Å². The number of halogens is 2. The van der Waals surface area contributed by atoms with Gasteiger partial charge in [0.1, 0.15) is 4.33 Å². The fourth-order valence-corrected chi connectivity index (χ4v) is 3.38. The number of nitrogens with zero attached hydrogens (tertiary/aromatic N) is 1. The second-order valence-electron chi connectivity index (χ2n) is 4.78. The molecular weight excluding hydrogens is 315 g/mol. The summed E-state index contributed by atoms with van der Waals surface area (Å²) in [5.74, 6) is 0.0636. The zero-order valence-corrected chi connectivity index (χ0v) is 13.0. The number of carbonyl (C=O) groups excluding carboxylic acids is 1. The molecule has 1 aliphatic carbocycles. The van der Waals surface area contributed by atoms with Crippen molar-refractivity contribution in [2.24, 2.45) is 5.92 Å². The molecule has 0 spiro atoms. The van der Waals surface area contributed by atoms with Gasteiger partial charge in [-0.1, -0.05) is 30.3 Å². The number of alkyl halides is 2. The minimum absolute atomic E-state index is 0.169. The maximum absolute atomic E-state index is 12.1. The molecule has 1 amide bonds. The first-order valence-corrected chi connectivity index (χ1v) is 7.76. The molecule has 1 N–H and O–H groups in total. The quantitative estimate of drug-likeness (QED) is 0.856. The predicted octanol–water partition coefficient (Wildman–Crippen LogP) is 4.25. The zero-order chi connectivity index (χ0) is 14.3. The van der Waals surface area contributed by atoms with Crippen molar-refractivity contribution in [2.45, 2.75) is 17.7 Å². The van der Waals surface area contributed by atoms with Crippen LogP contribution in [0.25, 0.3) is 10.4 Å². The van der Waals surface area contributed by atoms with E-state index >= 15 is 0 Å². The van der Waals surface area contributed by atoms with Crippen molar-refractivity contribution in [2.75, 3.05) is 5.32 Å². The molecule has 0 saturated heterocycles. The predicted molar refractivity (Wildman–Crippen MR) is 83.5 cm³/mol. The summed E-state index contributed by atoms with van der Waals surface area (Å²) in [4.78, 5) is 17.4. The number of hydrogen-bond donors (Lipinski definition) is 1. The van der Waals surface area contributed by atoms with Gasteiger partial charge in [0.2, 0.25) is 5.91 Å². The number of benzene rings is 1. The van der Waals surface area contributed by atoms with Crippen LogP contribution < -0.4 is 5.32 Å². The molecule has 0 unspecified atom stereocenters. The Labute approximate surface area is 130 Å². The number of carbonyl (C=O) groups is 1. The van der Waals surface area contributed by atoms with Gasteiger partial charge in [-0.15, -0.1) is 34.5 Å². The standard InChI is InChI=1S/C14H12Cl2N2OS/c1-8-17-12(18-13(19)10-7-14(10,15)16)11(20-8)9-5-3-2-4-6-9/h2-6,10H,7H2,1H3,(H,18,19)/t10-/m1/s1. The lowest BCUT2D eigenvalue weighted by Gasteiger charge is -2.05. The highest BCUT2D eigenvalue weighted by atomic mass is 35.5. The SMILES string of the molecule is Cc1nc(NC(=O)[C@H]2CC2(Cl)Cl)c(-c2ccccc2)s1. The minimum Gasteiger partial charge on any atom is -0.309 e. The second kappa shape index (κ2) is 5.02. The normalized spacial score (nSPS) is 19.6. The van der Waals surface area contributed by atoms with Crippen LogP contribution in [0.4, 0.5) is 5.82 Å². The molecule has 20 heavy (non-hydrogen) atoms. The van der Waals surface area contributed by atoms with E-state index in [0.29, 0.717) is 12.2 Å². The summed E-state index contributed by atoms with van der Waals surface area (Å²) in [6.07, 6.45) is 0.492. The van der Waals surface area contributed by atoms with E-state index < -0.39 is 4.33 Å². The minimum atomic E-state index is -0.915. The van der Waals surface area contributed by atoms with E-state index in [1.54, 1.807) is 11.3 Å². The molecular formula is C14H12Cl2N2OS. The Morgan fingerprint density at radius 2 is 2.05 bits per heavy atom. The van der Waals surface area contributed by atoms with Gasteiger partial charge >= 0.3 is 0 Å². The Hall–Kier alpha value is -1.10. The van der Waals surface area contributed by atoms with Gasteiger partial charge in [0, 0.05) is 0 Å². The van der Waals surface area contributed by atoms with Crippen molar-refractivity contribution in [1.29, 1.82) is 0 Å². The van der Waals surface area contributed by atoms with Crippen LogP contribution in [-0.4, -0.2) is 15.2 Å². The van der Waals surface area contributed by atoms with E-state index in [1.807, 2.05) is 37.3 Å². The molecule has 6 heteroatoms. The molecule has 0 aliphatic heterocycles. The molecule has 2 aromatic rings. The average molecular weight is 327 g/mol. The number of amides is 1. The maximum Gasteiger partial charge on any atom is 0.231 e. The largest absolute Gasteiger partial charge is 0.309 e. The highest BCUT2D eigenvalue weighted by Crippen LogP contribution is 2.53. The third-order valence-corrected chi connectivity index (χ3v) is 5.01. The van der Waals surface area contributed by atoms with Crippen LogP contribution >= 0.6 is 34.5 Å². The Bertz CT molecular complexity index is 654. The first kappa shape index (κ1) is 13.9. The number of aryl methyl sites for hydroxylation is 1. The first-order valence-electron chi connectivity index (χ1n) is 6.19. The second-order valence-corrected chi connectivity index (χ2v) is 7.53. The molecule has 1 atom stereocenters. The summed E-state index contributed by atoms with van der Waals surface area (Å²) in [7, 11) is 0. The molecule has 104 valence electrons. The highest BCUT2D eigenvalue weighted by Gasteiger charge is 2.56. The fraction of sp³-hybridized carbons (Fsp3) is 0.286. The van der Waals surface area contributed by atoms with E-state index in [-0.39, 0.29) is 11.8 Å². The van der Waals surface area contributed by atoms with Crippen LogP contribution in [0.2, 0.25) is 0 Å². The molecule has 1 aromatic heterocycles. The molecule has 1 heterocycles. The summed E-state index contributed by atoms with van der Waals surface area (Å²) >= 11 is 13.4. The molecule has 1 saturated carbocycles. The maximum atomic E-state index is 12.1. The van der Waals surface area contributed by atoms with Gasteiger partial charge in [0.05, 0.1) is 15.8 Å². The third kappa shape index (κ3) is 2.68. The Morgan fingerprint density at radius 3 is 2.65 bits per heavy atom. The number of nitrogens with one attached hydrogen (secondary N) is 1. The zero-order valence-electron chi connectivity index (χ0n) is 10.7. The summed E-state index contributed by atoms with van der Waals surface area (Å²) in [5.41, 5.74) is 1.03. The Kier molecular flexibility index (Phi) is 3.48. The molecule has 3 rings (SSSR count). The van der Waals surface area contributed by atoms with E-state index in [0.717, 1.165) is 15.4 Å². The fourth-order valence-electron chi connectivity index (χ4n) is 2.00. The number of hydrogen-bond acceptors (Lipinski definition) is 3. The summed E-state index contributed by atoms with van der Waals surface area (Å²) < 4.78 is -0.915. The molecule has 0 radical (unpaired) electrons. The van der Waals surface area contributed by atoms with Crippen molar-refractivity contribution in [3.8, 4) is 10.4 Å². The van der Waals surface area contributed by atoms with Gasteiger partial charge in [0.25, 0.3) is 0 Å². The smallest absolute Gasteiger partial charge is 0.231 e. The summed E-state index contributed by atoms with van der Waals surface area (Å²) in [6, 6.07) is 9.86. The van der Waals surface area contributed by atoms with Crippen LogP contribution in [0.1, 0.15) is 11.4 Å². The van der Waals surface area contributed by atoms with Gasteiger partial charge < -0.3 is 5.32 Å². The topological polar surface area (TPSA) is 42.0 Å².